The van der Waals surface area contributed by atoms with Crippen LogP contribution in [0.4, 0.5) is 0 Å². The molecular weight excluding hydrogens is 276 g/mol. The van der Waals surface area contributed by atoms with Gasteiger partial charge in [0, 0.05) is 0 Å². The van der Waals surface area contributed by atoms with Gasteiger partial charge in [0.15, 0.2) is 0 Å². The Morgan fingerprint density at radius 1 is 1.40 bits per heavy atom. The first-order valence-electron chi connectivity index (χ1n) is 7.37. The largest absolute Gasteiger partial charge is 0.465 e. The van der Waals surface area contributed by atoms with E-state index in [2.05, 4.69) is 22.4 Å². The van der Waals surface area contributed by atoms with Gasteiger partial charge in [-0.05, 0) is 29.7 Å². The van der Waals surface area contributed by atoms with Crippen LogP contribution < -0.4 is 0 Å². The number of tetrazole rings is 1. The Labute approximate surface area is 123 Å². The number of nitrogens with zero attached hydrogens (tertiary/aromatic N) is 4. The average molecular weight is 298 g/mol. The minimum Gasteiger partial charge on any atom is -0.465 e. The Hall–Kier alpha value is -1.11. The van der Waals surface area contributed by atoms with Gasteiger partial charge in [-0.25, -0.2) is 4.68 Å². The molecule has 0 unspecified atom stereocenters. The van der Waals surface area contributed by atoms with Crippen LogP contribution in [0.5, 0.6) is 0 Å². The highest BCUT2D eigenvalue weighted by atomic mass is 32.2. The second-order valence-electron chi connectivity index (χ2n) is 5.06. The number of carbonyl (C=O) groups excluding carboxylic acids is 1. The second kappa shape index (κ2) is 8.24. The first-order valence-corrected chi connectivity index (χ1v) is 8.36. The zero-order valence-corrected chi connectivity index (χ0v) is 12.8. The van der Waals surface area contributed by atoms with Crippen molar-refractivity contribution in [3.05, 3.63) is 0 Å². The molecule has 20 heavy (non-hydrogen) atoms. The van der Waals surface area contributed by atoms with Gasteiger partial charge in [0.1, 0.15) is 0 Å². The van der Waals surface area contributed by atoms with Gasteiger partial charge in [-0.1, -0.05) is 44.4 Å². The average Bonchev–Trinajstić information content (AvgIpc) is 2.95. The SMILES string of the molecule is CCCCOC(=O)CSc1nnnn1C1CCCCC1. The Morgan fingerprint density at radius 2 is 2.20 bits per heavy atom. The van der Waals surface area contributed by atoms with Crippen molar-refractivity contribution < 1.29 is 9.53 Å². The molecule has 0 atom stereocenters. The molecule has 1 fully saturated rings. The summed E-state index contributed by atoms with van der Waals surface area (Å²) in [7, 11) is 0. The second-order valence-corrected chi connectivity index (χ2v) is 6.00. The molecule has 6 nitrogen and oxygen atoms in total. The number of ether oxygens (including phenoxy) is 1. The van der Waals surface area contributed by atoms with Crippen LogP contribution in [0.25, 0.3) is 0 Å². The summed E-state index contributed by atoms with van der Waals surface area (Å²) >= 11 is 1.37. The Bertz CT molecular complexity index is 418. The van der Waals surface area contributed by atoms with Crippen LogP contribution in [-0.2, 0) is 9.53 Å². The van der Waals surface area contributed by atoms with Crippen molar-refractivity contribution in [1.82, 2.24) is 20.2 Å². The maximum Gasteiger partial charge on any atom is 0.316 e. The van der Waals surface area contributed by atoms with Crippen LogP contribution in [0.3, 0.4) is 0 Å². The highest BCUT2D eigenvalue weighted by Crippen LogP contribution is 2.30. The number of rotatable bonds is 7. The van der Waals surface area contributed by atoms with Gasteiger partial charge in [-0.15, -0.1) is 5.10 Å². The number of thioether (sulfide) groups is 1. The number of hydrogen-bond donors (Lipinski definition) is 0. The van der Waals surface area contributed by atoms with Crippen molar-refractivity contribution in [2.45, 2.75) is 63.1 Å². The highest BCUT2D eigenvalue weighted by Gasteiger charge is 2.20. The molecule has 7 heteroatoms. The maximum atomic E-state index is 11.6. The molecule has 0 aliphatic heterocycles. The third kappa shape index (κ3) is 4.47. The van der Waals surface area contributed by atoms with E-state index < -0.39 is 0 Å². The normalized spacial score (nSPS) is 16.2. The number of carbonyl (C=O) groups is 1. The monoisotopic (exact) mass is 298 g/mol. The molecule has 2 rings (SSSR count). The molecule has 0 N–H and O–H groups in total. The lowest BCUT2D eigenvalue weighted by Gasteiger charge is -2.21. The van der Waals surface area contributed by atoms with Gasteiger partial charge in [0.25, 0.3) is 0 Å². The molecule has 0 amide bonds. The van der Waals surface area contributed by atoms with E-state index >= 15 is 0 Å². The molecule has 1 aliphatic carbocycles. The molecule has 1 heterocycles. The lowest BCUT2D eigenvalue weighted by Crippen LogP contribution is -2.16. The lowest BCUT2D eigenvalue weighted by atomic mass is 9.96. The fraction of sp³-hybridized carbons (Fsp3) is 0.846. The van der Waals surface area contributed by atoms with E-state index in [1.165, 1.54) is 31.0 Å². The Morgan fingerprint density at radius 3 is 2.95 bits per heavy atom. The molecule has 1 aliphatic rings. The molecule has 0 saturated heterocycles. The zero-order valence-electron chi connectivity index (χ0n) is 12.0. The van der Waals surface area contributed by atoms with Crippen LogP contribution in [-0.4, -0.2) is 38.5 Å². The lowest BCUT2D eigenvalue weighted by molar-refractivity contribution is -0.140. The molecule has 1 saturated carbocycles. The van der Waals surface area contributed by atoms with Gasteiger partial charge < -0.3 is 4.74 Å². The summed E-state index contributed by atoms with van der Waals surface area (Å²) in [6, 6.07) is 0.386. The van der Waals surface area contributed by atoms with E-state index in [-0.39, 0.29) is 11.7 Å². The maximum absolute atomic E-state index is 11.6. The molecule has 0 bridgehead atoms. The summed E-state index contributed by atoms with van der Waals surface area (Å²) < 4.78 is 7.01. The molecule has 1 aromatic rings. The number of esters is 1. The van der Waals surface area contributed by atoms with Crippen LogP contribution in [0.15, 0.2) is 5.16 Å². The number of unbranched alkanes of at least 4 members (excludes halogenated alkanes) is 1. The fourth-order valence-corrected chi connectivity index (χ4v) is 3.07. The van der Waals surface area contributed by atoms with Crippen molar-refractivity contribution in [2.75, 3.05) is 12.4 Å². The van der Waals surface area contributed by atoms with Crippen LogP contribution in [0, 0.1) is 0 Å². The van der Waals surface area contributed by atoms with E-state index in [0.717, 1.165) is 30.8 Å². The van der Waals surface area contributed by atoms with Crippen LogP contribution in [0.1, 0.15) is 57.9 Å². The molecule has 112 valence electrons. The van der Waals surface area contributed by atoms with Crippen molar-refractivity contribution in [3.8, 4) is 0 Å². The fourth-order valence-electron chi connectivity index (χ4n) is 2.33. The van der Waals surface area contributed by atoms with Crippen molar-refractivity contribution in [1.29, 1.82) is 0 Å². The summed E-state index contributed by atoms with van der Waals surface area (Å²) in [6.07, 6.45) is 7.95. The van der Waals surface area contributed by atoms with Crippen LogP contribution in [0.2, 0.25) is 0 Å². The van der Waals surface area contributed by atoms with E-state index in [1.54, 1.807) is 0 Å². The van der Waals surface area contributed by atoms with Crippen molar-refractivity contribution in [2.24, 2.45) is 0 Å². The topological polar surface area (TPSA) is 69.9 Å². The molecule has 0 aromatic carbocycles. The summed E-state index contributed by atoms with van der Waals surface area (Å²) in [5, 5.41) is 12.6. The highest BCUT2D eigenvalue weighted by molar-refractivity contribution is 7.99. The van der Waals surface area contributed by atoms with Gasteiger partial charge in [0.2, 0.25) is 5.16 Å². The Kier molecular flexibility index (Phi) is 6.29. The summed E-state index contributed by atoms with van der Waals surface area (Å²) in [6.45, 7) is 2.57. The third-order valence-corrected chi connectivity index (χ3v) is 4.37. The van der Waals surface area contributed by atoms with Crippen LogP contribution >= 0.6 is 11.8 Å². The van der Waals surface area contributed by atoms with Gasteiger partial charge in [-0.2, -0.15) is 0 Å². The number of aromatic nitrogens is 4. The first-order chi connectivity index (χ1) is 9.81. The minimum absolute atomic E-state index is 0.193. The quantitative estimate of drug-likeness (QED) is 0.438. The van der Waals surface area contributed by atoms with E-state index in [4.69, 9.17) is 4.74 Å². The molecule has 0 radical (unpaired) electrons. The van der Waals surface area contributed by atoms with Gasteiger partial charge in [-0.3, -0.25) is 4.79 Å². The van der Waals surface area contributed by atoms with Gasteiger partial charge >= 0.3 is 5.97 Å². The van der Waals surface area contributed by atoms with Crippen molar-refractivity contribution >= 4 is 17.7 Å². The third-order valence-electron chi connectivity index (χ3n) is 3.46. The smallest absolute Gasteiger partial charge is 0.316 e. The zero-order chi connectivity index (χ0) is 14.2. The first kappa shape index (κ1) is 15.3. The summed E-state index contributed by atoms with van der Waals surface area (Å²) in [4.78, 5) is 11.6. The minimum atomic E-state index is -0.193. The molecule has 1 aromatic heterocycles. The van der Waals surface area contributed by atoms with E-state index in [9.17, 15) is 4.79 Å². The standard InChI is InChI=1S/C13H22N4O2S/c1-2-3-9-19-12(18)10-20-13-14-15-16-17(13)11-7-5-4-6-8-11/h11H,2-10H2,1H3. The predicted molar refractivity (Wildman–Crippen MR) is 76.5 cm³/mol. The van der Waals surface area contributed by atoms with Crippen molar-refractivity contribution in [3.63, 3.8) is 0 Å². The predicted octanol–water partition coefficient (Wildman–Crippen LogP) is 2.61. The summed E-state index contributed by atoms with van der Waals surface area (Å²) in [5.74, 6) is 0.0817. The molecule has 0 spiro atoms. The summed E-state index contributed by atoms with van der Waals surface area (Å²) in [5.41, 5.74) is 0. The molecular formula is C13H22N4O2S. The van der Waals surface area contributed by atoms with E-state index in [1.807, 2.05) is 4.68 Å². The van der Waals surface area contributed by atoms with E-state index in [0.29, 0.717) is 12.6 Å². The van der Waals surface area contributed by atoms with Gasteiger partial charge in [0.05, 0.1) is 18.4 Å². The number of hydrogen-bond acceptors (Lipinski definition) is 6. The Balaban J connectivity index is 1.81.